The zero-order valence-corrected chi connectivity index (χ0v) is 23.6. The zero-order chi connectivity index (χ0) is 27.7. The summed E-state index contributed by atoms with van der Waals surface area (Å²) in [6.45, 7) is 5.81. The Bertz CT molecular complexity index is 1580. The Hall–Kier alpha value is -3.95. The SMILES string of the molecule is COc1ccc(C2/C(=C(\O)c3cc(C)ccc3C)C(=O)C(=O)N2c2nnc(SCc3ccc(C)cc3)s2)cc1. The minimum absolute atomic E-state index is 0.0166. The van der Waals surface area contributed by atoms with Gasteiger partial charge in [0, 0.05) is 11.3 Å². The molecule has 4 aromatic rings. The average Bonchev–Trinajstić information content (AvgIpc) is 3.51. The summed E-state index contributed by atoms with van der Waals surface area (Å²) < 4.78 is 5.98. The summed E-state index contributed by atoms with van der Waals surface area (Å²) in [5.74, 6) is -0.401. The lowest BCUT2D eigenvalue weighted by molar-refractivity contribution is -0.132. The number of ether oxygens (including phenoxy) is 1. The number of thioether (sulfide) groups is 1. The number of benzene rings is 3. The summed E-state index contributed by atoms with van der Waals surface area (Å²) in [5, 5.41) is 20.3. The highest BCUT2D eigenvalue weighted by Gasteiger charge is 2.48. The van der Waals surface area contributed by atoms with E-state index in [1.54, 1.807) is 31.4 Å². The van der Waals surface area contributed by atoms with Crippen LogP contribution in [-0.4, -0.2) is 34.1 Å². The van der Waals surface area contributed by atoms with Crippen molar-refractivity contribution >= 4 is 45.7 Å². The van der Waals surface area contributed by atoms with Gasteiger partial charge in [0.1, 0.15) is 11.5 Å². The molecule has 1 unspecified atom stereocenters. The first kappa shape index (κ1) is 26.6. The number of aliphatic hydroxyl groups excluding tert-OH is 1. The molecule has 1 saturated heterocycles. The van der Waals surface area contributed by atoms with Crippen LogP contribution in [0.5, 0.6) is 5.75 Å². The minimum Gasteiger partial charge on any atom is -0.507 e. The summed E-state index contributed by atoms with van der Waals surface area (Å²) in [6.07, 6.45) is 0. The number of nitrogens with zero attached hydrogens (tertiary/aromatic N) is 3. The van der Waals surface area contributed by atoms with E-state index in [9.17, 15) is 14.7 Å². The van der Waals surface area contributed by atoms with Crippen LogP contribution in [0.4, 0.5) is 5.13 Å². The Morgan fingerprint density at radius 1 is 0.974 bits per heavy atom. The van der Waals surface area contributed by atoms with Crippen LogP contribution in [0.25, 0.3) is 5.76 Å². The average molecular weight is 558 g/mol. The second-order valence-corrected chi connectivity index (χ2v) is 11.6. The smallest absolute Gasteiger partial charge is 0.301 e. The minimum atomic E-state index is -0.876. The summed E-state index contributed by atoms with van der Waals surface area (Å²) in [4.78, 5) is 28.3. The maximum Gasteiger partial charge on any atom is 0.301 e. The highest BCUT2D eigenvalue weighted by atomic mass is 32.2. The van der Waals surface area contributed by atoms with Crippen molar-refractivity contribution in [3.8, 4) is 5.75 Å². The van der Waals surface area contributed by atoms with Gasteiger partial charge in [0.15, 0.2) is 4.34 Å². The Morgan fingerprint density at radius 3 is 2.36 bits per heavy atom. The number of carbonyl (C=O) groups is 2. The molecule has 1 aliphatic heterocycles. The Balaban J connectivity index is 1.56. The fourth-order valence-corrected chi connectivity index (χ4v) is 6.28. The molecule has 39 heavy (non-hydrogen) atoms. The van der Waals surface area contributed by atoms with Crippen molar-refractivity contribution in [1.82, 2.24) is 10.2 Å². The maximum absolute atomic E-state index is 13.5. The van der Waals surface area contributed by atoms with Crippen LogP contribution in [0.15, 0.2) is 76.6 Å². The van der Waals surface area contributed by atoms with Crippen LogP contribution in [0.1, 0.15) is 39.4 Å². The Labute approximate surface area is 235 Å². The molecular weight excluding hydrogens is 530 g/mol. The van der Waals surface area contributed by atoms with Crippen molar-refractivity contribution in [2.75, 3.05) is 12.0 Å². The predicted molar refractivity (Wildman–Crippen MR) is 154 cm³/mol. The van der Waals surface area contributed by atoms with Crippen molar-refractivity contribution in [2.45, 2.75) is 36.9 Å². The molecule has 0 spiro atoms. The molecule has 1 amide bonds. The van der Waals surface area contributed by atoms with Crippen LogP contribution in [-0.2, 0) is 15.3 Å². The van der Waals surface area contributed by atoms with Crippen molar-refractivity contribution in [1.29, 1.82) is 0 Å². The van der Waals surface area contributed by atoms with Crippen molar-refractivity contribution in [3.63, 3.8) is 0 Å². The number of amides is 1. The summed E-state index contributed by atoms with van der Waals surface area (Å²) in [6, 6.07) is 20.1. The van der Waals surface area contributed by atoms with Crippen LogP contribution >= 0.6 is 23.1 Å². The summed E-state index contributed by atoms with van der Waals surface area (Å²) in [5.41, 5.74) is 5.23. The Kier molecular flexibility index (Phi) is 7.54. The van der Waals surface area contributed by atoms with E-state index in [0.29, 0.717) is 32.1 Å². The van der Waals surface area contributed by atoms with Crippen LogP contribution in [0.2, 0.25) is 0 Å². The molecule has 9 heteroatoms. The fraction of sp³-hybridized carbons (Fsp3) is 0.200. The number of aromatic nitrogens is 2. The maximum atomic E-state index is 13.5. The Morgan fingerprint density at radius 2 is 1.67 bits per heavy atom. The van der Waals surface area contributed by atoms with Gasteiger partial charge in [0.05, 0.1) is 18.7 Å². The largest absolute Gasteiger partial charge is 0.507 e. The number of hydrogen-bond acceptors (Lipinski definition) is 8. The second kappa shape index (κ2) is 11.0. The van der Waals surface area contributed by atoms with E-state index in [2.05, 4.69) is 34.5 Å². The number of methoxy groups -OCH3 is 1. The molecule has 1 fully saturated rings. The first-order chi connectivity index (χ1) is 18.8. The molecule has 0 aliphatic carbocycles. The van der Waals surface area contributed by atoms with E-state index in [-0.39, 0.29) is 11.3 Å². The van der Waals surface area contributed by atoms with Gasteiger partial charge in [-0.15, -0.1) is 10.2 Å². The quantitative estimate of drug-likeness (QED) is 0.0925. The van der Waals surface area contributed by atoms with E-state index < -0.39 is 17.7 Å². The molecule has 1 N–H and O–H groups in total. The zero-order valence-electron chi connectivity index (χ0n) is 22.0. The van der Waals surface area contributed by atoms with E-state index in [1.165, 1.54) is 33.6 Å². The fourth-order valence-electron chi connectivity index (χ4n) is 4.46. The molecule has 0 saturated carbocycles. The van der Waals surface area contributed by atoms with Crippen molar-refractivity contribution < 1.29 is 19.4 Å². The van der Waals surface area contributed by atoms with Crippen LogP contribution in [0, 0.1) is 20.8 Å². The molecular formula is C30H27N3O4S2. The molecule has 3 aromatic carbocycles. The monoisotopic (exact) mass is 557 g/mol. The van der Waals surface area contributed by atoms with Gasteiger partial charge >= 0.3 is 5.91 Å². The highest BCUT2D eigenvalue weighted by Crippen LogP contribution is 2.44. The molecule has 1 aliphatic rings. The van der Waals surface area contributed by atoms with Gasteiger partial charge in [0.2, 0.25) is 5.13 Å². The normalized spacial score (nSPS) is 16.6. The lowest BCUT2D eigenvalue weighted by Crippen LogP contribution is -2.29. The van der Waals surface area contributed by atoms with E-state index in [1.807, 2.05) is 39.0 Å². The van der Waals surface area contributed by atoms with Gasteiger partial charge in [-0.1, -0.05) is 82.8 Å². The number of ketones is 1. The first-order valence-electron chi connectivity index (χ1n) is 12.3. The summed E-state index contributed by atoms with van der Waals surface area (Å²) in [7, 11) is 1.57. The molecule has 1 atom stereocenters. The lowest BCUT2D eigenvalue weighted by atomic mass is 9.93. The number of hydrogen-bond donors (Lipinski definition) is 1. The van der Waals surface area contributed by atoms with Gasteiger partial charge < -0.3 is 9.84 Å². The second-order valence-electron chi connectivity index (χ2n) is 9.39. The van der Waals surface area contributed by atoms with Gasteiger partial charge in [-0.25, -0.2) is 0 Å². The van der Waals surface area contributed by atoms with E-state index in [0.717, 1.165) is 16.7 Å². The van der Waals surface area contributed by atoms with Gasteiger partial charge in [-0.2, -0.15) is 0 Å². The number of rotatable bonds is 7. The van der Waals surface area contributed by atoms with E-state index >= 15 is 0 Å². The number of anilines is 1. The van der Waals surface area contributed by atoms with Gasteiger partial charge in [-0.3, -0.25) is 14.5 Å². The molecule has 5 rings (SSSR count). The third-order valence-corrected chi connectivity index (χ3v) is 8.74. The van der Waals surface area contributed by atoms with Crippen LogP contribution < -0.4 is 9.64 Å². The highest BCUT2D eigenvalue weighted by molar-refractivity contribution is 8.00. The van der Waals surface area contributed by atoms with Crippen LogP contribution in [0.3, 0.4) is 0 Å². The van der Waals surface area contributed by atoms with E-state index in [4.69, 9.17) is 4.74 Å². The molecule has 198 valence electrons. The number of Topliss-reactive ketones (excluding diaryl/α,β-unsaturated/α-hetero) is 1. The van der Waals surface area contributed by atoms with Gasteiger partial charge in [0.25, 0.3) is 5.78 Å². The molecule has 2 heterocycles. The van der Waals surface area contributed by atoms with Crippen molar-refractivity contribution in [3.05, 3.63) is 106 Å². The third kappa shape index (κ3) is 5.32. The standard InChI is InChI=1S/C30H27N3O4S2/c1-17-6-9-20(10-7-17)16-38-30-32-31-29(39-30)33-25(21-11-13-22(37-4)14-12-21)24(27(35)28(33)36)26(34)23-15-18(2)5-8-19(23)3/h5-15,25,34H,16H2,1-4H3/b26-24+. The lowest BCUT2D eigenvalue weighted by Gasteiger charge is -2.23. The first-order valence-corrected chi connectivity index (χ1v) is 14.1. The molecule has 7 nitrogen and oxygen atoms in total. The third-order valence-electron chi connectivity index (χ3n) is 6.61. The number of carbonyl (C=O) groups excluding carboxylic acids is 2. The van der Waals surface area contributed by atoms with Gasteiger partial charge in [-0.05, 0) is 55.7 Å². The molecule has 1 aromatic heterocycles. The number of aliphatic hydroxyl groups is 1. The molecule has 0 bridgehead atoms. The van der Waals surface area contributed by atoms with Crippen molar-refractivity contribution in [2.24, 2.45) is 0 Å². The number of aryl methyl sites for hydroxylation is 3. The summed E-state index contributed by atoms with van der Waals surface area (Å²) >= 11 is 2.76. The predicted octanol–water partition coefficient (Wildman–Crippen LogP) is 6.39. The topological polar surface area (TPSA) is 92.6 Å². The molecule has 0 radical (unpaired) electrons.